The fraction of sp³-hybridized carbons (Fsp3) is 0.800. The van der Waals surface area contributed by atoms with Crippen LogP contribution in [-0.4, -0.2) is 29.7 Å². The van der Waals surface area contributed by atoms with Crippen LogP contribution >= 0.6 is 0 Å². The highest BCUT2D eigenvalue weighted by molar-refractivity contribution is 5.87. The van der Waals surface area contributed by atoms with Crippen LogP contribution in [0.3, 0.4) is 0 Å². The van der Waals surface area contributed by atoms with Crippen LogP contribution in [0.4, 0.5) is 0 Å². The van der Waals surface area contributed by atoms with E-state index in [1.165, 1.54) is 0 Å². The second kappa shape index (κ2) is 4.40. The van der Waals surface area contributed by atoms with E-state index in [0.29, 0.717) is 25.3 Å². The van der Waals surface area contributed by atoms with Crippen LogP contribution in [0.2, 0.25) is 0 Å². The van der Waals surface area contributed by atoms with Crippen molar-refractivity contribution in [1.82, 2.24) is 4.90 Å². The SMILES string of the molecule is CCCC(=O)CN1CC(C)CC1=O. The highest BCUT2D eigenvalue weighted by Crippen LogP contribution is 2.16. The number of likely N-dealkylation sites (tertiary alicyclic amines) is 1. The Labute approximate surface area is 79.1 Å². The van der Waals surface area contributed by atoms with Gasteiger partial charge >= 0.3 is 0 Å². The third-order valence-corrected chi connectivity index (χ3v) is 2.30. The number of carbonyl (C=O) groups is 2. The summed E-state index contributed by atoms with van der Waals surface area (Å²) < 4.78 is 0. The standard InChI is InChI=1S/C10H17NO2/c1-3-4-9(12)7-11-6-8(2)5-10(11)13/h8H,3-7H2,1-2H3. The van der Waals surface area contributed by atoms with Gasteiger partial charge in [-0.25, -0.2) is 0 Å². The Morgan fingerprint density at radius 3 is 2.77 bits per heavy atom. The summed E-state index contributed by atoms with van der Waals surface area (Å²) in [6, 6.07) is 0. The minimum Gasteiger partial charge on any atom is -0.335 e. The maximum Gasteiger partial charge on any atom is 0.223 e. The van der Waals surface area contributed by atoms with Gasteiger partial charge in [0.15, 0.2) is 5.78 Å². The Kier molecular flexibility index (Phi) is 3.46. The van der Waals surface area contributed by atoms with Crippen molar-refractivity contribution < 1.29 is 9.59 Å². The average molecular weight is 183 g/mol. The molecule has 0 spiro atoms. The number of rotatable bonds is 4. The number of hydrogen-bond donors (Lipinski definition) is 0. The second-order valence-electron chi connectivity index (χ2n) is 3.87. The molecule has 1 atom stereocenters. The normalized spacial score (nSPS) is 22.5. The van der Waals surface area contributed by atoms with Crippen molar-refractivity contribution in [2.24, 2.45) is 5.92 Å². The van der Waals surface area contributed by atoms with Crippen molar-refractivity contribution in [2.75, 3.05) is 13.1 Å². The first-order valence-electron chi connectivity index (χ1n) is 4.93. The van der Waals surface area contributed by atoms with Gasteiger partial charge in [0.1, 0.15) is 0 Å². The molecule has 1 saturated heterocycles. The maximum atomic E-state index is 11.3. The number of ketones is 1. The summed E-state index contributed by atoms with van der Waals surface area (Å²) in [6.07, 6.45) is 2.08. The molecule has 3 heteroatoms. The molecule has 1 amide bonds. The van der Waals surface area contributed by atoms with Gasteiger partial charge in [-0.1, -0.05) is 13.8 Å². The fourth-order valence-electron chi connectivity index (χ4n) is 1.69. The van der Waals surface area contributed by atoms with Gasteiger partial charge in [-0.3, -0.25) is 9.59 Å². The van der Waals surface area contributed by atoms with E-state index in [2.05, 4.69) is 0 Å². The van der Waals surface area contributed by atoms with Crippen LogP contribution in [-0.2, 0) is 9.59 Å². The van der Waals surface area contributed by atoms with Crippen molar-refractivity contribution in [3.05, 3.63) is 0 Å². The quantitative estimate of drug-likeness (QED) is 0.657. The minimum absolute atomic E-state index is 0.136. The minimum atomic E-state index is 0.136. The molecule has 0 radical (unpaired) electrons. The highest BCUT2D eigenvalue weighted by Gasteiger charge is 2.27. The molecule has 1 fully saturated rings. The molecule has 0 aromatic carbocycles. The summed E-state index contributed by atoms with van der Waals surface area (Å²) >= 11 is 0. The molecular weight excluding hydrogens is 166 g/mol. The Morgan fingerprint density at radius 1 is 1.62 bits per heavy atom. The predicted molar refractivity (Wildman–Crippen MR) is 50.3 cm³/mol. The van der Waals surface area contributed by atoms with Crippen molar-refractivity contribution >= 4 is 11.7 Å². The van der Waals surface area contributed by atoms with Crippen LogP contribution in [0.1, 0.15) is 33.1 Å². The molecule has 1 rings (SSSR count). The van der Waals surface area contributed by atoms with E-state index in [4.69, 9.17) is 0 Å². The van der Waals surface area contributed by atoms with Gasteiger partial charge in [-0.05, 0) is 12.3 Å². The van der Waals surface area contributed by atoms with Gasteiger partial charge in [0, 0.05) is 19.4 Å². The largest absolute Gasteiger partial charge is 0.335 e. The number of carbonyl (C=O) groups excluding carboxylic acids is 2. The number of nitrogens with zero attached hydrogens (tertiary/aromatic N) is 1. The predicted octanol–water partition coefficient (Wildman–Crippen LogP) is 1.22. The lowest BCUT2D eigenvalue weighted by molar-refractivity contribution is -0.132. The zero-order chi connectivity index (χ0) is 9.84. The number of amides is 1. The fourth-order valence-corrected chi connectivity index (χ4v) is 1.69. The van der Waals surface area contributed by atoms with Crippen LogP contribution < -0.4 is 0 Å². The Balaban J connectivity index is 2.37. The van der Waals surface area contributed by atoms with Gasteiger partial charge in [-0.2, -0.15) is 0 Å². The van der Waals surface area contributed by atoms with Gasteiger partial charge < -0.3 is 4.90 Å². The van der Waals surface area contributed by atoms with E-state index >= 15 is 0 Å². The van der Waals surface area contributed by atoms with Gasteiger partial charge in [0.25, 0.3) is 0 Å². The third-order valence-electron chi connectivity index (χ3n) is 2.30. The molecule has 0 aromatic rings. The summed E-state index contributed by atoms with van der Waals surface area (Å²) in [7, 11) is 0. The second-order valence-corrected chi connectivity index (χ2v) is 3.87. The Bertz CT molecular complexity index is 213. The van der Waals surface area contributed by atoms with Gasteiger partial charge in [0.05, 0.1) is 6.54 Å². The summed E-state index contributed by atoms with van der Waals surface area (Å²) in [5, 5.41) is 0. The van der Waals surface area contributed by atoms with Gasteiger partial charge in [0.2, 0.25) is 5.91 Å². The summed E-state index contributed by atoms with van der Waals surface area (Å²) in [5.74, 6) is 0.740. The number of Topliss-reactive ketones (excluding diaryl/α,β-unsaturated/α-hetero) is 1. The zero-order valence-electron chi connectivity index (χ0n) is 8.38. The molecule has 0 N–H and O–H groups in total. The molecule has 1 unspecified atom stereocenters. The van der Waals surface area contributed by atoms with Crippen LogP contribution in [0.5, 0.6) is 0 Å². The smallest absolute Gasteiger partial charge is 0.223 e. The lowest BCUT2D eigenvalue weighted by Gasteiger charge is -2.14. The van der Waals surface area contributed by atoms with E-state index in [9.17, 15) is 9.59 Å². The molecule has 3 nitrogen and oxygen atoms in total. The van der Waals surface area contributed by atoms with Crippen molar-refractivity contribution in [1.29, 1.82) is 0 Å². The third kappa shape index (κ3) is 2.83. The van der Waals surface area contributed by atoms with Crippen LogP contribution in [0.15, 0.2) is 0 Å². The molecule has 1 aliphatic heterocycles. The van der Waals surface area contributed by atoms with E-state index in [0.717, 1.165) is 13.0 Å². The molecule has 0 aliphatic carbocycles. The topological polar surface area (TPSA) is 37.4 Å². The van der Waals surface area contributed by atoms with E-state index in [-0.39, 0.29) is 11.7 Å². The van der Waals surface area contributed by atoms with Crippen LogP contribution in [0.25, 0.3) is 0 Å². The van der Waals surface area contributed by atoms with E-state index in [1.54, 1.807) is 4.90 Å². The Hall–Kier alpha value is -0.860. The average Bonchev–Trinajstić information content (AvgIpc) is 2.30. The molecule has 74 valence electrons. The molecule has 0 bridgehead atoms. The zero-order valence-corrected chi connectivity index (χ0v) is 8.38. The molecule has 0 aromatic heterocycles. The summed E-state index contributed by atoms with van der Waals surface area (Å²) in [5.41, 5.74) is 0. The summed E-state index contributed by atoms with van der Waals surface area (Å²) in [6.45, 7) is 5.11. The van der Waals surface area contributed by atoms with Crippen molar-refractivity contribution in [3.8, 4) is 0 Å². The molecule has 0 saturated carbocycles. The van der Waals surface area contributed by atoms with E-state index in [1.807, 2.05) is 13.8 Å². The molecule has 1 aliphatic rings. The molecule has 13 heavy (non-hydrogen) atoms. The summed E-state index contributed by atoms with van der Waals surface area (Å²) in [4.78, 5) is 24.2. The Morgan fingerprint density at radius 2 is 2.31 bits per heavy atom. The first-order chi connectivity index (χ1) is 6.13. The highest BCUT2D eigenvalue weighted by atomic mass is 16.2. The molecule has 1 heterocycles. The monoisotopic (exact) mass is 183 g/mol. The van der Waals surface area contributed by atoms with Crippen molar-refractivity contribution in [2.45, 2.75) is 33.1 Å². The van der Waals surface area contributed by atoms with Gasteiger partial charge in [-0.15, -0.1) is 0 Å². The van der Waals surface area contributed by atoms with Crippen molar-refractivity contribution in [3.63, 3.8) is 0 Å². The first-order valence-corrected chi connectivity index (χ1v) is 4.93. The van der Waals surface area contributed by atoms with Crippen LogP contribution in [0, 0.1) is 5.92 Å². The molecular formula is C10H17NO2. The maximum absolute atomic E-state index is 11.3. The lowest BCUT2D eigenvalue weighted by atomic mass is 10.2. The first kappa shape index (κ1) is 10.2. The number of hydrogen-bond acceptors (Lipinski definition) is 2. The van der Waals surface area contributed by atoms with E-state index < -0.39 is 0 Å². The lowest BCUT2D eigenvalue weighted by Crippen LogP contribution is -2.31.